The topological polar surface area (TPSA) is 90.5 Å². The van der Waals surface area contributed by atoms with Crippen LogP contribution in [0.3, 0.4) is 0 Å². The molecule has 2 aliphatic heterocycles. The Morgan fingerprint density at radius 1 is 1.26 bits per heavy atom. The molecule has 23 heavy (non-hydrogen) atoms. The summed E-state index contributed by atoms with van der Waals surface area (Å²) in [4.78, 5) is 37.6. The normalized spacial score (nSPS) is 27.6. The highest BCUT2D eigenvalue weighted by atomic mass is 16.2. The number of imide groups is 1. The fourth-order valence-corrected chi connectivity index (χ4v) is 2.99. The molecule has 2 fully saturated rings. The first-order valence-corrected chi connectivity index (χ1v) is 7.67. The molecule has 0 aliphatic carbocycles. The Morgan fingerprint density at radius 3 is 2.52 bits per heavy atom. The van der Waals surface area contributed by atoms with Gasteiger partial charge in [-0.3, -0.25) is 14.9 Å². The van der Waals surface area contributed by atoms with Crippen LogP contribution in [0, 0.1) is 0 Å². The third kappa shape index (κ3) is 2.79. The van der Waals surface area contributed by atoms with Crippen molar-refractivity contribution in [1.82, 2.24) is 20.9 Å². The molecule has 3 N–H and O–H groups in total. The van der Waals surface area contributed by atoms with E-state index in [1.54, 1.807) is 31.2 Å². The zero-order valence-corrected chi connectivity index (χ0v) is 13.2. The number of hydrogen-bond donors (Lipinski definition) is 3. The fourth-order valence-electron chi connectivity index (χ4n) is 2.99. The molecule has 4 amide bonds. The zero-order chi connectivity index (χ0) is 16.6. The third-order valence-corrected chi connectivity index (χ3v) is 4.41. The molecule has 0 unspecified atom stereocenters. The molecule has 2 atom stereocenters. The number of hydrogen-bond acceptors (Lipinski definition) is 4. The highest BCUT2D eigenvalue weighted by Crippen LogP contribution is 2.24. The van der Waals surface area contributed by atoms with E-state index in [2.05, 4.69) is 16.0 Å². The van der Waals surface area contributed by atoms with Gasteiger partial charge in [-0.1, -0.05) is 12.1 Å². The number of nitrogens with zero attached hydrogens (tertiary/aromatic N) is 1. The first-order chi connectivity index (χ1) is 10.9. The smallest absolute Gasteiger partial charge is 0.322 e. The van der Waals surface area contributed by atoms with E-state index in [1.165, 1.54) is 0 Å². The SMILES string of the molecule is C[C@H]1CN(C(=O)c2ccc([C@]3(C)NC(=O)NC3=O)cc2)CCN1. The number of nitrogens with one attached hydrogen (secondary N) is 3. The first-order valence-electron chi connectivity index (χ1n) is 7.67. The summed E-state index contributed by atoms with van der Waals surface area (Å²) < 4.78 is 0. The number of carbonyl (C=O) groups excluding carboxylic acids is 3. The summed E-state index contributed by atoms with van der Waals surface area (Å²) in [6, 6.07) is 6.60. The Balaban J connectivity index is 1.78. The minimum atomic E-state index is -1.10. The van der Waals surface area contributed by atoms with E-state index < -0.39 is 17.5 Å². The molecule has 0 aromatic heterocycles. The van der Waals surface area contributed by atoms with Gasteiger partial charge in [-0.25, -0.2) is 4.79 Å². The second-order valence-electron chi connectivity index (χ2n) is 6.22. The fraction of sp³-hybridized carbons (Fsp3) is 0.438. The third-order valence-electron chi connectivity index (χ3n) is 4.41. The van der Waals surface area contributed by atoms with Crippen molar-refractivity contribution in [3.05, 3.63) is 35.4 Å². The monoisotopic (exact) mass is 316 g/mol. The Hall–Kier alpha value is -2.41. The molecule has 3 rings (SSSR count). The molecular formula is C16H20N4O3. The summed E-state index contributed by atoms with van der Waals surface area (Å²) in [5, 5.41) is 8.14. The van der Waals surface area contributed by atoms with Gasteiger partial charge in [0.25, 0.3) is 11.8 Å². The molecule has 0 radical (unpaired) electrons. The van der Waals surface area contributed by atoms with E-state index in [4.69, 9.17) is 0 Å². The number of carbonyl (C=O) groups is 3. The lowest BCUT2D eigenvalue weighted by Crippen LogP contribution is -2.51. The van der Waals surface area contributed by atoms with Crippen molar-refractivity contribution in [2.45, 2.75) is 25.4 Å². The van der Waals surface area contributed by atoms with Gasteiger partial charge in [-0.15, -0.1) is 0 Å². The molecule has 7 heteroatoms. The van der Waals surface area contributed by atoms with Crippen LogP contribution in [0.15, 0.2) is 24.3 Å². The number of urea groups is 1. The van der Waals surface area contributed by atoms with Gasteiger partial charge in [-0.05, 0) is 31.5 Å². The van der Waals surface area contributed by atoms with Crippen molar-refractivity contribution < 1.29 is 14.4 Å². The average Bonchev–Trinajstić information content (AvgIpc) is 2.80. The molecule has 2 heterocycles. The summed E-state index contributed by atoms with van der Waals surface area (Å²) in [6.07, 6.45) is 0. The summed E-state index contributed by atoms with van der Waals surface area (Å²) in [5.41, 5.74) is 0.129. The van der Waals surface area contributed by atoms with E-state index in [1.807, 2.05) is 11.8 Å². The number of benzene rings is 1. The number of amides is 4. The molecule has 122 valence electrons. The molecule has 0 saturated carbocycles. The Bertz CT molecular complexity index is 658. The molecule has 0 bridgehead atoms. The number of piperazine rings is 1. The van der Waals surface area contributed by atoms with E-state index >= 15 is 0 Å². The summed E-state index contributed by atoms with van der Waals surface area (Å²) in [5.74, 6) is -0.410. The lowest BCUT2D eigenvalue weighted by molar-refractivity contribution is -0.123. The van der Waals surface area contributed by atoms with Crippen LogP contribution in [0.2, 0.25) is 0 Å². The molecule has 0 spiro atoms. The van der Waals surface area contributed by atoms with Crippen molar-refractivity contribution in [3.8, 4) is 0 Å². The van der Waals surface area contributed by atoms with Gasteiger partial charge in [0.2, 0.25) is 0 Å². The molecule has 2 aliphatic rings. The maximum atomic E-state index is 12.5. The van der Waals surface area contributed by atoms with Crippen LogP contribution in [-0.2, 0) is 10.3 Å². The quantitative estimate of drug-likeness (QED) is 0.679. The van der Waals surface area contributed by atoms with Crippen LogP contribution < -0.4 is 16.0 Å². The van der Waals surface area contributed by atoms with E-state index in [0.29, 0.717) is 24.2 Å². The van der Waals surface area contributed by atoms with Crippen LogP contribution in [-0.4, -0.2) is 48.4 Å². The van der Waals surface area contributed by atoms with Crippen LogP contribution in [0.25, 0.3) is 0 Å². The summed E-state index contributed by atoms with van der Waals surface area (Å²) in [7, 11) is 0. The molecule has 7 nitrogen and oxygen atoms in total. The standard InChI is InChI=1S/C16H20N4O3/c1-10-9-20(8-7-17-10)13(21)11-3-5-12(6-4-11)16(2)14(22)18-15(23)19-16/h3-6,10,17H,7-9H2,1-2H3,(H2,18,19,22,23)/t10-,16-/m0/s1. The zero-order valence-electron chi connectivity index (χ0n) is 13.2. The maximum absolute atomic E-state index is 12.5. The van der Waals surface area contributed by atoms with E-state index in [-0.39, 0.29) is 11.9 Å². The van der Waals surface area contributed by atoms with Crippen LogP contribution in [0.4, 0.5) is 4.79 Å². The number of rotatable bonds is 2. The first kappa shape index (κ1) is 15.5. The Labute approximate surface area is 134 Å². The second-order valence-corrected chi connectivity index (χ2v) is 6.22. The summed E-state index contributed by atoms with van der Waals surface area (Å²) >= 11 is 0. The van der Waals surface area contributed by atoms with Gasteiger partial charge in [0.1, 0.15) is 5.54 Å². The van der Waals surface area contributed by atoms with Crippen molar-refractivity contribution >= 4 is 17.8 Å². The van der Waals surface area contributed by atoms with Gasteiger partial charge in [0.05, 0.1) is 0 Å². The van der Waals surface area contributed by atoms with Gasteiger partial charge < -0.3 is 15.5 Å². The lowest BCUT2D eigenvalue weighted by Gasteiger charge is -2.32. The van der Waals surface area contributed by atoms with Crippen molar-refractivity contribution in [1.29, 1.82) is 0 Å². The highest BCUT2D eigenvalue weighted by molar-refractivity contribution is 6.07. The van der Waals surface area contributed by atoms with Gasteiger partial charge >= 0.3 is 6.03 Å². The van der Waals surface area contributed by atoms with Gasteiger partial charge in [0.15, 0.2) is 0 Å². The molecular weight excluding hydrogens is 296 g/mol. The van der Waals surface area contributed by atoms with Gasteiger partial charge in [0, 0.05) is 31.2 Å². The predicted octanol–water partition coefficient (Wildman–Crippen LogP) is 0.175. The molecule has 1 aromatic rings. The highest BCUT2D eigenvalue weighted by Gasteiger charge is 2.43. The van der Waals surface area contributed by atoms with Crippen LogP contribution >= 0.6 is 0 Å². The lowest BCUT2D eigenvalue weighted by atomic mass is 9.91. The Morgan fingerprint density at radius 2 is 1.96 bits per heavy atom. The maximum Gasteiger partial charge on any atom is 0.322 e. The minimum Gasteiger partial charge on any atom is -0.336 e. The van der Waals surface area contributed by atoms with E-state index in [0.717, 1.165) is 6.54 Å². The van der Waals surface area contributed by atoms with Crippen molar-refractivity contribution in [3.63, 3.8) is 0 Å². The van der Waals surface area contributed by atoms with Crippen molar-refractivity contribution in [2.75, 3.05) is 19.6 Å². The Kier molecular flexibility index (Phi) is 3.81. The van der Waals surface area contributed by atoms with Crippen LogP contribution in [0.1, 0.15) is 29.8 Å². The largest absolute Gasteiger partial charge is 0.336 e. The van der Waals surface area contributed by atoms with Gasteiger partial charge in [-0.2, -0.15) is 0 Å². The summed E-state index contributed by atoms with van der Waals surface area (Å²) in [6.45, 7) is 5.83. The second kappa shape index (κ2) is 5.66. The van der Waals surface area contributed by atoms with E-state index in [9.17, 15) is 14.4 Å². The average molecular weight is 316 g/mol. The predicted molar refractivity (Wildman–Crippen MR) is 83.8 cm³/mol. The molecule has 2 saturated heterocycles. The van der Waals surface area contributed by atoms with Crippen molar-refractivity contribution in [2.24, 2.45) is 0 Å². The molecule has 1 aromatic carbocycles. The van der Waals surface area contributed by atoms with Crippen LogP contribution in [0.5, 0.6) is 0 Å². The minimum absolute atomic E-state index is 0.0186.